The molecule has 2 N–H and O–H groups in total. The minimum absolute atomic E-state index is 0.680. The molecule has 0 aliphatic rings. The normalized spacial score (nSPS) is 11.2. The van der Waals surface area contributed by atoms with E-state index in [9.17, 15) is 0 Å². The fourth-order valence-electron chi connectivity index (χ4n) is 1.54. The van der Waals surface area contributed by atoms with Crippen LogP contribution in [0.5, 0.6) is 5.75 Å². The fraction of sp³-hybridized carbons (Fsp3) is 0.500. The Morgan fingerprint density at radius 1 is 1.21 bits per heavy atom. The first-order valence-electron chi connectivity index (χ1n) is 6.45. The van der Waals surface area contributed by atoms with Gasteiger partial charge < -0.3 is 20.1 Å². The van der Waals surface area contributed by atoms with Crippen LogP contribution < -0.4 is 15.4 Å². The molecule has 5 nitrogen and oxygen atoms in total. The number of hydrogen-bond acceptors (Lipinski definition) is 3. The fourth-order valence-corrected chi connectivity index (χ4v) is 1.54. The van der Waals surface area contributed by atoms with Gasteiger partial charge in [-0.25, -0.2) is 0 Å². The van der Waals surface area contributed by atoms with Gasteiger partial charge in [-0.3, -0.25) is 4.99 Å². The first-order valence-corrected chi connectivity index (χ1v) is 6.45. The molecule has 0 radical (unpaired) electrons. The monoisotopic (exact) mass is 265 g/mol. The Kier molecular flexibility index (Phi) is 7.43. The molecule has 1 rings (SSSR count). The van der Waals surface area contributed by atoms with Gasteiger partial charge in [0.15, 0.2) is 5.96 Å². The van der Waals surface area contributed by atoms with Crippen LogP contribution in [0.25, 0.3) is 0 Å². The topological polar surface area (TPSA) is 54.9 Å². The molecule has 0 spiro atoms. The van der Waals surface area contributed by atoms with Crippen molar-refractivity contribution in [1.29, 1.82) is 0 Å². The van der Waals surface area contributed by atoms with Gasteiger partial charge in [-0.15, -0.1) is 0 Å². The van der Waals surface area contributed by atoms with Crippen molar-refractivity contribution in [3.8, 4) is 5.75 Å². The lowest BCUT2D eigenvalue weighted by atomic mass is 10.2. The Labute approximate surface area is 115 Å². The lowest BCUT2D eigenvalue weighted by molar-refractivity contribution is 0.152. The highest BCUT2D eigenvalue weighted by Gasteiger charge is 1.98. The lowest BCUT2D eigenvalue weighted by Gasteiger charge is -2.12. The van der Waals surface area contributed by atoms with Gasteiger partial charge in [0.25, 0.3) is 0 Å². The predicted octanol–water partition coefficient (Wildman–Crippen LogP) is 1.40. The maximum Gasteiger partial charge on any atom is 0.191 e. The Morgan fingerprint density at radius 3 is 2.53 bits per heavy atom. The first-order chi connectivity index (χ1) is 9.30. The molecular weight excluding hydrogens is 242 g/mol. The zero-order valence-electron chi connectivity index (χ0n) is 11.9. The molecule has 0 atom stereocenters. The third-order valence-corrected chi connectivity index (χ3v) is 2.59. The summed E-state index contributed by atoms with van der Waals surface area (Å²) in [6, 6.07) is 7.95. The summed E-state index contributed by atoms with van der Waals surface area (Å²) in [5.74, 6) is 1.64. The molecule has 0 fully saturated rings. The quantitative estimate of drug-likeness (QED) is 0.444. The van der Waals surface area contributed by atoms with E-state index >= 15 is 0 Å². The molecule has 1 aromatic carbocycles. The maximum absolute atomic E-state index is 5.26. The van der Waals surface area contributed by atoms with E-state index in [2.05, 4.69) is 15.6 Å². The number of methoxy groups -OCH3 is 1. The summed E-state index contributed by atoms with van der Waals surface area (Å²) in [6.45, 7) is 4.87. The molecule has 5 heteroatoms. The highest BCUT2D eigenvalue weighted by molar-refractivity contribution is 5.79. The number of guanidine groups is 1. The average molecular weight is 265 g/mol. The van der Waals surface area contributed by atoms with E-state index < -0.39 is 0 Å². The second kappa shape index (κ2) is 9.22. The maximum atomic E-state index is 5.26. The van der Waals surface area contributed by atoms with E-state index in [1.54, 1.807) is 14.2 Å². The highest BCUT2D eigenvalue weighted by Crippen LogP contribution is 2.10. The van der Waals surface area contributed by atoms with Crippen molar-refractivity contribution >= 4 is 5.96 Å². The summed E-state index contributed by atoms with van der Waals surface area (Å²) >= 11 is 0. The summed E-state index contributed by atoms with van der Waals surface area (Å²) in [7, 11) is 3.42. The van der Waals surface area contributed by atoms with Gasteiger partial charge in [-0.2, -0.15) is 0 Å². The van der Waals surface area contributed by atoms with Crippen molar-refractivity contribution < 1.29 is 9.47 Å². The van der Waals surface area contributed by atoms with Gasteiger partial charge >= 0.3 is 0 Å². The van der Waals surface area contributed by atoms with Gasteiger partial charge in [-0.1, -0.05) is 12.1 Å². The summed E-state index contributed by atoms with van der Waals surface area (Å²) in [6.07, 6.45) is 0. The zero-order valence-corrected chi connectivity index (χ0v) is 11.9. The largest absolute Gasteiger partial charge is 0.497 e. The van der Waals surface area contributed by atoms with Crippen LogP contribution in [0.1, 0.15) is 12.5 Å². The van der Waals surface area contributed by atoms with Crippen LogP contribution in [-0.2, 0) is 11.3 Å². The number of nitrogens with one attached hydrogen (secondary N) is 2. The number of hydrogen-bond donors (Lipinski definition) is 2. The second-order valence-corrected chi connectivity index (χ2v) is 3.90. The van der Waals surface area contributed by atoms with E-state index in [-0.39, 0.29) is 0 Å². The van der Waals surface area contributed by atoms with Crippen molar-refractivity contribution in [1.82, 2.24) is 10.6 Å². The van der Waals surface area contributed by atoms with Crippen LogP contribution in [-0.4, -0.2) is 39.9 Å². The van der Waals surface area contributed by atoms with Crippen molar-refractivity contribution in [2.75, 3.05) is 33.9 Å². The number of rotatable bonds is 7. The number of aliphatic imine (C=N–C) groups is 1. The van der Waals surface area contributed by atoms with Gasteiger partial charge in [-0.05, 0) is 24.6 Å². The van der Waals surface area contributed by atoms with E-state index in [0.717, 1.165) is 31.4 Å². The van der Waals surface area contributed by atoms with Crippen LogP contribution in [0, 0.1) is 0 Å². The molecule has 0 aromatic heterocycles. The van der Waals surface area contributed by atoms with Crippen LogP contribution >= 0.6 is 0 Å². The van der Waals surface area contributed by atoms with E-state index in [0.29, 0.717) is 6.61 Å². The standard InChI is InChI=1S/C14H23N3O2/c1-4-19-10-9-16-14(15-2)17-11-12-5-7-13(18-3)8-6-12/h5-8H,4,9-11H2,1-3H3,(H2,15,16,17). The smallest absolute Gasteiger partial charge is 0.191 e. The molecule has 0 bridgehead atoms. The molecular formula is C14H23N3O2. The van der Waals surface area contributed by atoms with Gasteiger partial charge in [0.1, 0.15) is 5.75 Å². The molecule has 19 heavy (non-hydrogen) atoms. The van der Waals surface area contributed by atoms with Crippen molar-refractivity contribution in [2.24, 2.45) is 4.99 Å². The van der Waals surface area contributed by atoms with E-state index in [1.807, 2.05) is 31.2 Å². The molecule has 0 saturated carbocycles. The second-order valence-electron chi connectivity index (χ2n) is 3.90. The molecule has 0 unspecified atom stereocenters. The Bertz CT molecular complexity index is 377. The zero-order chi connectivity index (χ0) is 13.9. The minimum atomic E-state index is 0.680. The molecule has 0 aliphatic heterocycles. The van der Waals surface area contributed by atoms with Crippen molar-refractivity contribution in [3.05, 3.63) is 29.8 Å². The predicted molar refractivity (Wildman–Crippen MR) is 77.7 cm³/mol. The van der Waals surface area contributed by atoms with Gasteiger partial charge in [0.2, 0.25) is 0 Å². The van der Waals surface area contributed by atoms with Crippen LogP contribution in [0.2, 0.25) is 0 Å². The number of ether oxygens (including phenoxy) is 2. The van der Waals surface area contributed by atoms with E-state index in [4.69, 9.17) is 9.47 Å². The Balaban J connectivity index is 2.32. The lowest BCUT2D eigenvalue weighted by Crippen LogP contribution is -2.38. The van der Waals surface area contributed by atoms with E-state index in [1.165, 1.54) is 5.56 Å². The Morgan fingerprint density at radius 2 is 1.95 bits per heavy atom. The van der Waals surface area contributed by atoms with Crippen molar-refractivity contribution in [3.63, 3.8) is 0 Å². The number of benzene rings is 1. The van der Waals surface area contributed by atoms with Gasteiger partial charge in [0.05, 0.1) is 13.7 Å². The first kappa shape index (κ1) is 15.3. The summed E-state index contributed by atoms with van der Waals surface area (Å²) < 4.78 is 10.4. The third-order valence-electron chi connectivity index (χ3n) is 2.59. The minimum Gasteiger partial charge on any atom is -0.497 e. The molecule has 0 aliphatic carbocycles. The Hall–Kier alpha value is -1.75. The SMILES string of the molecule is CCOCCNC(=NC)NCc1ccc(OC)cc1. The number of nitrogens with zero attached hydrogens (tertiary/aromatic N) is 1. The molecule has 1 aromatic rings. The summed E-state index contributed by atoms with van der Waals surface area (Å²) in [4.78, 5) is 4.15. The summed E-state index contributed by atoms with van der Waals surface area (Å²) in [5, 5.41) is 6.43. The van der Waals surface area contributed by atoms with Crippen LogP contribution in [0.4, 0.5) is 0 Å². The molecule has 0 saturated heterocycles. The molecule has 106 valence electrons. The molecule has 0 heterocycles. The van der Waals surface area contributed by atoms with Crippen LogP contribution in [0.3, 0.4) is 0 Å². The third kappa shape index (κ3) is 6.10. The average Bonchev–Trinajstić information content (AvgIpc) is 2.47. The summed E-state index contributed by atoms with van der Waals surface area (Å²) in [5.41, 5.74) is 1.17. The highest BCUT2D eigenvalue weighted by atomic mass is 16.5. The van der Waals surface area contributed by atoms with Crippen molar-refractivity contribution in [2.45, 2.75) is 13.5 Å². The van der Waals surface area contributed by atoms with Gasteiger partial charge in [0, 0.05) is 26.7 Å². The molecule has 0 amide bonds. The van der Waals surface area contributed by atoms with Crippen LogP contribution in [0.15, 0.2) is 29.3 Å².